The van der Waals surface area contributed by atoms with Crippen molar-refractivity contribution in [2.75, 3.05) is 0 Å². The van der Waals surface area contributed by atoms with Gasteiger partial charge in [0.15, 0.2) is 17.5 Å². The van der Waals surface area contributed by atoms with Crippen LogP contribution >= 0.6 is 11.3 Å². The number of hydrogen-bond acceptors (Lipinski definition) is 6. The number of fused-ring (bicyclic) bond motifs is 4. The molecule has 0 amide bonds. The number of thiophene rings is 1. The second-order valence-corrected chi connectivity index (χ2v) is 13.1. The molecule has 1 radical (unpaired) electrons. The average Bonchev–Trinajstić information content (AvgIpc) is 3.42. The van der Waals surface area contributed by atoms with Crippen LogP contribution in [0.25, 0.3) is 65.1 Å². The molecule has 7 heteroatoms. The van der Waals surface area contributed by atoms with Gasteiger partial charge in [-0.25, -0.2) is 15.0 Å². The van der Waals surface area contributed by atoms with Gasteiger partial charge in [0, 0.05) is 36.9 Å². The molecular weight excluding hydrogens is 561 g/mol. The summed E-state index contributed by atoms with van der Waals surface area (Å²) in [5, 5.41) is 15.0. The van der Waals surface area contributed by atoms with Gasteiger partial charge in [0.25, 0.3) is 0 Å². The number of benzene rings is 5. The first-order chi connectivity index (χ1) is 21.2. The van der Waals surface area contributed by atoms with E-state index >= 15 is 0 Å². The monoisotopic (exact) mass is 592 g/mol. The second kappa shape index (κ2) is 10.9. The van der Waals surface area contributed by atoms with Gasteiger partial charge in [0.1, 0.15) is 0 Å². The normalized spacial score (nSPS) is 12.3. The summed E-state index contributed by atoms with van der Waals surface area (Å²) in [7, 11) is 1.74. The molecule has 1 N–H and O–H groups in total. The summed E-state index contributed by atoms with van der Waals surface area (Å²) in [5.74, 6) is 1.86. The minimum Gasteiger partial charge on any atom is -0.427 e. The maximum Gasteiger partial charge on any atom is 0.331 e. The molecule has 0 aliphatic carbocycles. The van der Waals surface area contributed by atoms with Gasteiger partial charge in [0.05, 0.1) is 11.2 Å². The Labute approximate surface area is 261 Å². The number of rotatable bonds is 7. The van der Waals surface area contributed by atoms with Gasteiger partial charge in [-0.05, 0) is 56.1 Å². The van der Waals surface area contributed by atoms with Crippen molar-refractivity contribution < 1.29 is 9.76 Å². The molecule has 2 heterocycles. The molecule has 0 bridgehead atoms. The zero-order chi connectivity index (χ0) is 30.5. The van der Waals surface area contributed by atoms with Crippen molar-refractivity contribution in [2.24, 2.45) is 0 Å². The van der Waals surface area contributed by atoms with E-state index in [2.05, 4.69) is 60.7 Å². The maximum absolute atomic E-state index is 10.6. The highest BCUT2D eigenvalue weighted by Crippen LogP contribution is 2.40. The summed E-state index contributed by atoms with van der Waals surface area (Å²) in [4.78, 5) is 15.2. The average molecular weight is 593 g/mol. The quantitative estimate of drug-likeness (QED) is 0.189. The zero-order valence-electron chi connectivity index (χ0n) is 25.1. The summed E-state index contributed by atoms with van der Waals surface area (Å²) in [6.45, 7) is 7.28. The fraction of sp³-hybridized carbons (Fsp3) is 0.162. The third kappa shape index (κ3) is 5.07. The lowest BCUT2D eigenvalue weighted by Gasteiger charge is -2.37. The largest absolute Gasteiger partial charge is 0.427 e. The molecule has 5 nitrogen and oxygen atoms in total. The van der Waals surface area contributed by atoms with Gasteiger partial charge in [-0.2, -0.15) is 0 Å². The maximum atomic E-state index is 10.6. The Morgan fingerprint density at radius 2 is 1.18 bits per heavy atom. The fourth-order valence-corrected chi connectivity index (χ4v) is 6.41. The van der Waals surface area contributed by atoms with Crippen LogP contribution in [-0.4, -0.2) is 38.7 Å². The van der Waals surface area contributed by atoms with E-state index in [1.807, 2.05) is 62.4 Å². The van der Waals surface area contributed by atoms with E-state index in [1.165, 1.54) is 14.8 Å². The standard InChI is InChI=1S/C37H31BN3O2S/c1-36(2,42)37(3,4)43-38-29-20-11-16-24-25(29)17-10-18-26(24)34-39-33(23-13-6-5-7-14-23)40-35(41-34)28-19-12-22-31-32(28)27-15-8-9-21-30(27)44-31/h5-22,42H,1-4H3. The Hall–Kier alpha value is -4.43. The summed E-state index contributed by atoms with van der Waals surface area (Å²) < 4.78 is 8.58. The van der Waals surface area contributed by atoms with Crippen LogP contribution in [0.15, 0.2) is 109 Å². The van der Waals surface area contributed by atoms with E-state index < -0.39 is 11.2 Å². The Morgan fingerprint density at radius 1 is 0.591 bits per heavy atom. The predicted molar refractivity (Wildman–Crippen MR) is 183 cm³/mol. The minimum atomic E-state index is -1.02. The van der Waals surface area contributed by atoms with Crippen molar-refractivity contribution in [1.29, 1.82) is 0 Å². The van der Waals surface area contributed by atoms with Gasteiger partial charge in [-0.15, -0.1) is 11.3 Å². The first-order valence-corrected chi connectivity index (χ1v) is 15.5. The van der Waals surface area contributed by atoms with Crippen LogP contribution in [0, 0.1) is 0 Å². The van der Waals surface area contributed by atoms with E-state index in [4.69, 9.17) is 19.6 Å². The van der Waals surface area contributed by atoms with E-state index in [-0.39, 0.29) is 0 Å². The number of aliphatic hydroxyl groups is 1. The van der Waals surface area contributed by atoms with Gasteiger partial charge < -0.3 is 9.76 Å². The third-order valence-corrected chi connectivity index (χ3v) is 9.60. The Morgan fingerprint density at radius 3 is 1.98 bits per heavy atom. The Bertz CT molecular complexity index is 2150. The van der Waals surface area contributed by atoms with Gasteiger partial charge in [-0.1, -0.05) is 97.1 Å². The lowest BCUT2D eigenvalue weighted by atomic mass is 9.80. The summed E-state index contributed by atoms with van der Waals surface area (Å²) >= 11 is 1.78. The molecule has 0 fully saturated rings. The van der Waals surface area contributed by atoms with E-state index in [1.54, 1.807) is 32.7 Å². The molecule has 7 rings (SSSR count). The third-order valence-electron chi connectivity index (χ3n) is 8.46. The highest BCUT2D eigenvalue weighted by atomic mass is 32.1. The molecule has 2 aromatic heterocycles. The van der Waals surface area contributed by atoms with Crippen LogP contribution in [0.2, 0.25) is 0 Å². The number of hydrogen-bond donors (Lipinski definition) is 1. The van der Waals surface area contributed by atoms with Crippen LogP contribution in [0.4, 0.5) is 0 Å². The molecule has 0 unspecified atom stereocenters. The molecule has 0 atom stereocenters. The van der Waals surface area contributed by atoms with Crippen LogP contribution in [0.3, 0.4) is 0 Å². The Balaban J connectivity index is 1.41. The lowest BCUT2D eigenvalue weighted by molar-refractivity contribution is -0.0893. The van der Waals surface area contributed by atoms with E-state index in [0.717, 1.165) is 38.3 Å². The van der Waals surface area contributed by atoms with Crippen molar-refractivity contribution in [3.05, 3.63) is 109 Å². The van der Waals surface area contributed by atoms with Crippen LogP contribution in [0.1, 0.15) is 27.7 Å². The van der Waals surface area contributed by atoms with Crippen molar-refractivity contribution in [2.45, 2.75) is 38.9 Å². The van der Waals surface area contributed by atoms with Gasteiger partial charge in [-0.3, -0.25) is 0 Å². The summed E-state index contributed by atoms with van der Waals surface area (Å²) in [6.07, 6.45) is 0. The van der Waals surface area contributed by atoms with Crippen LogP contribution in [-0.2, 0) is 4.65 Å². The fourth-order valence-electron chi connectivity index (χ4n) is 5.28. The molecule has 0 aliphatic rings. The SMILES string of the molecule is CC(C)(O)C(C)(C)O[B]c1cccc2c(-c3nc(-c4ccccc4)nc(-c4cccc5sc6ccccc6c45)n3)cccc12. The first kappa shape index (κ1) is 28.4. The number of aromatic nitrogens is 3. The van der Waals surface area contributed by atoms with Crippen molar-refractivity contribution in [3.8, 4) is 34.2 Å². The lowest BCUT2D eigenvalue weighted by Crippen LogP contribution is -2.49. The van der Waals surface area contributed by atoms with E-state index in [9.17, 15) is 5.11 Å². The molecule has 215 valence electrons. The van der Waals surface area contributed by atoms with Crippen molar-refractivity contribution in [3.63, 3.8) is 0 Å². The molecule has 5 aromatic carbocycles. The smallest absolute Gasteiger partial charge is 0.331 e. The molecule has 0 spiro atoms. The highest BCUT2D eigenvalue weighted by molar-refractivity contribution is 7.25. The van der Waals surface area contributed by atoms with E-state index in [0.29, 0.717) is 17.5 Å². The molecular formula is C37H31BN3O2S. The second-order valence-electron chi connectivity index (χ2n) is 12.0. The molecule has 44 heavy (non-hydrogen) atoms. The highest BCUT2D eigenvalue weighted by Gasteiger charge is 2.35. The summed E-state index contributed by atoms with van der Waals surface area (Å²) in [5.41, 5.74) is 1.92. The topological polar surface area (TPSA) is 68.1 Å². The van der Waals surface area contributed by atoms with Gasteiger partial charge in [0.2, 0.25) is 0 Å². The number of nitrogens with zero attached hydrogens (tertiary/aromatic N) is 3. The van der Waals surface area contributed by atoms with Crippen molar-refractivity contribution >= 4 is 55.2 Å². The molecule has 0 saturated carbocycles. The Kier molecular flexibility index (Phi) is 7.05. The van der Waals surface area contributed by atoms with Crippen molar-refractivity contribution in [1.82, 2.24) is 15.0 Å². The predicted octanol–water partition coefficient (Wildman–Crippen LogP) is 8.20. The zero-order valence-corrected chi connectivity index (χ0v) is 25.9. The van der Waals surface area contributed by atoms with Crippen LogP contribution in [0.5, 0.6) is 0 Å². The molecule has 7 aromatic rings. The van der Waals surface area contributed by atoms with Crippen LogP contribution < -0.4 is 5.46 Å². The first-order valence-electron chi connectivity index (χ1n) is 14.7. The summed E-state index contributed by atoms with van der Waals surface area (Å²) in [6, 6.07) is 37.2. The molecule has 0 saturated heterocycles. The molecule has 0 aliphatic heterocycles. The van der Waals surface area contributed by atoms with Gasteiger partial charge >= 0.3 is 7.48 Å². The minimum absolute atomic E-state index is 0.603.